The van der Waals surface area contributed by atoms with Gasteiger partial charge in [0.2, 0.25) is 5.52 Å². The van der Waals surface area contributed by atoms with Gasteiger partial charge in [-0.1, -0.05) is 18.2 Å². The molecule has 1 atom stereocenters. The molecule has 9 heteroatoms. The van der Waals surface area contributed by atoms with E-state index < -0.39 is 37.7 Å². The van der Waals surface area contributed by atoms with Gasteiger partial charge in [0.1, 0.15) is 0 Å². The van der Waals surface area contributed by atoms with Gasteiger partial charge in [-0.25, -0.2) is 4.79 Å². The molecule has 0 aromatic heterocycles. The second kappa shape index (κ2) is 7.12. The number of rotatable bonds is 5. The van der Waals surface area contributed by atoms with E-state index in [1.165, 1.54) is 0 Å². The minimum atomic E-state index is -3.91. The Hall–Kier alpha value is -2.02. The Morgan fingerprint density at radius 2 is 1.76 bits per heavy atom. The third-order valence-electron chi connectivity index (χ3n) is 2.47. The van der Waals surface area contributed by atoms with Crippen LogP contribution in [0, 0.1) is 0 Å². The molecule has 1 unspecified atom stereocenters. The van der Waals surface area contributed by atoms with Crippen molar-refractivity contribution in [3.05, 3.63) is 30.3 Å². The first-order valence-corrected chi connectivity index (χ1v) is 8.04. The zero-order valence-corrected chi connectivity index (χ0v) is 12.1. The van der Waals surface area contributed by atoms with Crippen LogP contribution < -0.4 is 5.32 Å². The smallest absolute Gasteiger partial charge is 0.339 e. The molecule has 0 radical (unpaired) electrons. The summed E-state index contributed by atoms with van der Waals surface area (Å²) in [6, 6.07) is 7.05. The molecule has 0 fully saturated rings. The standard InChI is InChI=1S/C12H15N2O6P/c1-21(19,20)11(16)8-7-10(15)14(18)12(17)13-9-5-3-2-4-6-9/h2-6,18H,7-8H2,1H3,(H,13,17)(H,19,20). The maximum atomic E-state index is 11.6. The number of nitrogens with zero attached hydrogens (tertiary/aromatic N) is 1. The van der Waals surface area contributed by atoms with Crippen LogP contribution in [0.4, 0.5) is 10.5 Å². The van der Waals surface area contributed by atoms with Gasteiger partial charge in [0.05, 0.1) is 0 Å². The van der Waals surface area contributed by atoms with Crippen molar-refractivity contribution in [2.75, 3.05) is 12.0 Å². The quantitative estimate of drug-likeness (QED) is 0.431. The average Bonchev–Trinajstić information content (AvgIpc) is 2.43. The predicted molar refractivity (Wildman–Crippen MR) is 74.1 cm³/mol. The summed E-state index contributed by atoms with van der Waals surface area (Å²) < 4.78 is 11.0. The molecule has 0 aliphatic rings. The summed E-state index contributed by atoms with van der Waals surface area (Å²) >= 11 is 0. The van der Waals surface area contributed by atoms with Crippen LogP contribution in [-0.2, 0) is 14.2 Å². The third-order valence-corrected chi connectivity index (χ3v) is 3.62. The molecule has 0 saturated heterocycles. The topological polar surface area (TPSA) is 124 Å². The van der Waals surface area contributed by atoms with Crippen molar-refractivity contribution >= 4 is 30.5 Å². The lowest BCUT2D eigenvalue weighted by atomic mass is 10.3. The maximum Gasteiger partial charge on any atom is 0.353 e. The first-order chi connectivity index (χ1) is 9.71. The van der Waals surface area contributed by atoms with Crippen LogP contribution in [0.2, 0.25) is 0 Å². The lowest BCUT2D eigenvalue weighted by Crippen LogP contribution is -2.37. The lowest BCUT2D eigenvalue weighted by Gasteiger charge is -2.14. The number of anilines is 1. The molecule has 21 heavy (non-hydrogen) atoms. The zero-order chi connectivity index (χ0) is 16.0. The van der Waals surface area contributed by atoms with Crippen molar-refractivity contribution in [3.63, 3.8) is 0 Å². The van der Waals surface area contributed by atoms with Gasteiger partial charge in [-0.2, -0.15) is 0 Å². The summed E-state index contributed by atoms with van der Waals surface area (Å²) in [4.78, 5) is 43.2. The van der Waals surface area contributed by atoms with Gasteiger partial charge in [0.25, 0.3) is 13.3 Å². The first-order valence-electron chi connectivity index (χ1n) is 5.93. The number of amides is 3. The molecule has 0 aliphatic heterocycles. The minimum Gasteiger partial charge on any atom is -0.339 e. The van der Waals surface area contributed by atoms with Gasteiger partial charge in [0.15, 0.2) is 0 Å². The lowest BCUT2D eigenvalue weighted by molar-refractivity contribution is -0.152. The Labute approximate surface area is 120 Å². The molecule has 0 aliphatic carbocycles. The number of nitrogens with one attached hydrogen (secondary N) is 1. The van der Waals surface area contributed by atoms with Crippen LogP contribution in [0.25, 0.3) is 0 Å². The fraction of sp³-hybridized carbons (Fsp3) is 0.250. The van der Waals surface area contributed by atoms with Gasteiger partial charge >= 0.3 is 6.03 Å². The van der Waals surface area contributed by atoms with E-state index in [0.29, 0.717) is 5.69 Å². The van der Waals surface area contributed by atoms with Crippen molar-refractivity contribution in [1.82, 2.24) is 5.06 Å². The number of para-hydroxylation sites is 1. The molecule has 3 amide bonds. The van der Waals surface area contributed by atoms with Gasteiger partial charge in [-0.3, -0.25) is 19.4 Å². The number of imide groups is 1. The van der Waals surface area contributed by atoms with Crippen LogP contribution in [-0.4, -0.2) is 39.3 Å². The summed E-state index contributed by atoms with van der Waals surface area (Å²) in [6.07, 6.45) is -1.07. The van der Waals surface area contributed by atoms with Crippen molar-refractivity contribution in [3.8, 4) is 0 Å². The summed E-state index contributed by atoms with van der Waals surface area (Å²) in [5, 5.41) is 11.5. The normalized spacial score (nSPS) is 13.1. The van der Waals surface area contributed by atoms with E-state index in [1.54, 1.807) is 30.3 Å². The maximum absolute atomic E-state index is 11.6. The van der Waals surface area contributed by atoms with E-state index in [9.17, 15) is 24.2 Å². The Morgan fingerprint density at radius 1 is 1.19 bits per heavy atom. The molecule has 1 aromatic carbocycles. The van der Waals surface area contributed by atoms with Crippen LogP contribution >= 0.6 is 7.37 Å². The second-order valence-corrected chi connectivity index (χ2v) is 6.53. The van der Waals surface area contributed by atoms with Gasteiger partial charge < -0.3 is 10.2 Å². The molecule has 114 valence electrons. The molecule has 8 nitrogen and oxygen atoms in total. The van der Waals surface area contributed by atoms with Crippen molar-refractivity contribution in [2.45, 2.75) is 12.8 Å². The molecule has 3 N–H and O–H groups in total. The fourth-order valence-corrected chi connectivity index (χ4v) is 1.87. The second-order valence-electron chi connectivity index (χ2n) is 4.27. The van der Waals surface area contributed by atoms with Crippen LogP contribution in [0.5, 0.6) is 0 Å². The number of carbonyl (C=O) groups is 3. The zero-order valence-electron chi connectivity index (χ0n) is 11.2. The number of hydrogen-bond donors (Lipinski definition) is 3. The SMILES string of the molecule is CP(=O)(O)C(=O)CCC(=O)N(O)C(=O)Nc1ccccc1. The molecular formula is C12H15N2O6P. The van der Waals surface area contributed by atoms with Crippen LogP contribution in [0.1, 0.15) is 12.8 Å². The number of carbonyl (C=O) groups excluding carboxylic acids is 3. The molecular weight excluding hydrogens is 299 g/mol. The average molecular weight is 314 g/mol. The highest BCUT2D eigenvalue weighted by molar-refractivity contribution is 7.74. The Balaban J connectivity index is 2.52. The van der Waals surface area contributed by atoms with Gasteiger partial charge in [-0.05, 0) is 12.1 Å². The van der Waals surface area contributed by atoms with E-state index in [1.807, 2.05) is 0 Å². The Kier molecular flexibility index (Phi) is 5.78. The highest BCUT2D eigenvalue weighted by atomic mass is 31.2. The van der Waals surface area contributed by atoms with Gasteiger partial charge in [0, 0.05) is 25.2 Å². The van der Waals surface area contributed by atoms with E-state index in [0.717, 1.165) is 6.66 Å². The number of hydrogen-bond acceptors (Lipinski definition) is 5. The van der Waals surface area contributed by atoms with E-state index in [2.05, 4.69) is 5.32 Å². The molecule has 0 saturated carbocycles. The van der Waals surface area contributed by atoms with E-state index >= 15 is 0 Å². The van der Waals surface area contributed by atoms with E-state index in [-0.39, 0.29) is 5.06 Å². The predicted octanol–water partition coefficient (Wildman–Crippen LogP) is 1.64. The summed E-state index contributed by atoms with van der Waals surface area (Å²) in [5.41, 5.74) is -0.619. The van der Waals surface area contributed by atoms with E-state index in [4.69, 9.17) is 4.89 Å². The largest absolute Gasteiger partial charge is 0.353 e. The highest BCUT2D eigenvalue weighted by Crippen LogP contribution is 2.37. The molecule has 0 spiro atoms. The number of urea groups is 1. The summed E-state index contributed by atoms with van der Waals surface area (Å²) in [5.74, 6) is -1.05. The fourth-order valence-electron chi connectivity index (χ4n) is 1.34. The molecule has 0 bridgehead atoms. The van der Waals surface area contributed by atoms with Crippen molar-refractivity contribution in [1.29, 1.82) is 0 Å². The minimum absolute atomic E-state index is 0.168. The van der Waals surface area contributed by atoms with Crippen molar-refractivity contribution in [2.24, 2.45) is 0 Å². The van der Waals surface area contributed by atoms with Crippen LogP contribution in [0.15, 0.2) is 30.3 Å². The number of benzene rings is 1. The molecule has 1 rings (SSSR count). The summed E-state index contributed by atoms with van der Waals surface area (Å²) in [6.45, 7) is 0.860. The monoisotopic (exact) mass is 314 g/mol. The molecule has 0 heterocycles. The molecule has 1 aromatic rings. The Morgan fingerprint density at radius 3 is 2.29 bits per heavy atom. The Bertz CT molecular complexity index is 583. The summed E-state index contributed by atoms with van der Waals surface area (Å²) in [7, 11) is -3.91. The van der Waals surface area contributed by atoms with Crippen LogP contribution in [0.3, 0.4) is 0 Å². The third kappa shape index (κ3) is 5.47. The highest BCUT2D eigenvalue weighted by Gasteiger charge is 2.25. The van der Waals surface area contributed by atoms with Crippen molar-refractivity contribution < 1.29 is 29.0 Å². The number of hydroxylamine groups is 2. The first kappa shape index (κ1) is 17.0. The van der Waals surface area contributed by atoms with Gasteiger partial charge in [-0.15, -0.1) is 5.06 Å².